The zero-order valence-electron chi connectivity index (χ0n) is 12.5. The molecule has 7 heteroatoms. The van der Waals surface area contributed by atoms with Crippen LogP contribution in [0, 0.1) is 11.3 Å². The predicted octanol–water partition coefficient (Wildman–Crippen LogP) is 1.88. The summed E-state index contributed by atoms with van der Waals surface area (Å²) in [5.41, 5.74) is 0.893. The highest BCUT2D eigenvalue weighted by Gasteiger charge is 2.22. The minimum absolute atomic E-state index is 0.0745. The van der Waals surface area contributed by atoms with Crippen LogP contribution >= 0.6 is 0 Å². The van der Waals surface area contributed by atoms with Gasteiger partial charge in [-0.25, -0.2) is 13.4 Å². The molecule has 0 aliphatic heterocycles. The molecule has 0 bridgehead atoms. The molecule has 6 nitrogen and oxygen atoms in total. The first-order valence-electron chi connectivity index (χ1n) is 6.91. The average molecular weight is 318 g/mol. The van der Waals surface area contributed by atoms with Gasteiger partial charge in [0.25, 0.3) is 10.0 Å². The second kappa shape index (κ2) is 6.73. The number of rotatable bonds is 6. The fourth-order valence-corrected chi connectivity index (χ4v) is 3.03. The summed E-state index contributed by atoms with van der Waals surface area (Å²) in [7, 11) is -3.81. The molecule has 1 N–H and O–H groups in total. The van der Waals surface area contributed by atoms with Crippen molar-refractivity contribution in [3.63, 3.8) is 0 Å². The lowest BCUT2D eigenvalue weighted by Crippen LogP contribution is -2.35. The molecule has 0 spiro atoms. The van der Waals surface area contributed by atoms with Gasteiger partial charge in [-0.15, -0.1) is 0 Å². The van der Waals surface area contributed by atoms with Gasteiger partial charge in [0.2, 0.25) is 0 Å². The van der Waals surface area contributed by atoms with Gasteiger partial charge in [-0.1, -0.05) is 30.3 Å². The van der Waals surface area contributed by atoms with Crippen LogP contribution in [0.15, 0.2) is 47.9 Å². The lowest BCUT2D eigenvalue weighted by Gasteiger charge is -2.11. The summed E-state index contributed by atoms with van der Waals surface area (Å²) < 4.78 is 28.7. The third kappa shape index (κ3) is 3.93. The molecule has 0 unspecified atom stereocenters. The van der Waals surface area contributed by atoms with Crippen LogP contribution in [0.2, 0.25) is 0 Å². The van der Waals surface area contributed by atoms with Gasteiger partial charge in [0.05, 0.1) is 12.4 Å². The van der Waals surface area contributed by atoms with E-state index < -0.39 is 16.1 Å². The summed E-state index contributed by atoms with van der Waals surface area (Å²) in [6.07, 6.45) is 3.24. The number of benzene rings is 1. The number of aromatic nitrogens is 2. The van der Waals surface area contributed by atoms with Gasteiger partial charge in [0.1, 0.15) is 6.04 Å². The summed E-state index contributed by atoms with van der Waals surface area (Å²) in [6, 6.07) is 10.5. The molecule has 0 amide bonds. The van der Waals surface area contributed by atoms with Gasteiger partial charge < -0.3 is 4.57 Å². The average Bonchev–Trinajstić information content (AvgIpc) is 2.98. The standard InChI is InChI=1S/C15H18N4O2S/c1-12(2)19-10-15(17-11-19)22(20,21)18-14(9-16)8-13-6-4-3-5-7-13/h3-7,10-12,14,18H,8H2,1-2H3/t14-/m0/s1. The molecule has 22 heavy (non-hydrogen) atoms. The highest BCUT2D eigenvalue weighted by atomic mass is 32.2. The maximum absolute atomic E-state index is 12.3. The highest BCUT2D eigenvalue weighted by molar-refractivity contribution is 7.89. The largest absolute Gasteiger partial charge is 0.334 e. The van der Waals surface area contributed by atoms with Crippen LogP contribution in [0.4, 0.5) is 0 Å². The molecule has 2 aromatic rings. The third-order valence-electron chi connectivity index (χ3n) is 3.19. The van der Waals surface area contributed by atoms with Crippen molar-refractivity contribution in [3.05, 3.63) is 48.4 Å². The lowest BCUT2D eigenvalue weighted by molar-refractivity contribution is 0.567. The van der Waals surface area contributed by atoms with Crippen molar-refractivity contribution in [1.82, 2.24) is 14.3 Å². The Labute approximate surface area is 130 Å². The van der Waals surface area contributed by atoms with E-state index >= 15 is 0 Å². The van der Waals surface area contributed by atoms with Crippen molar-refractivity contribution in [2.24, 2.45) is 0 Å². The van der Waals surface area contributed by atoms with Crippen LogP contribution in [-0.2, 0) is 16.4 Å². The summed E-state index contributed by atoms with van der Waals surface area (Å²) >= 11 is 0. The lowest BCUT2D eigenvalue weighted by atomic mass is 10.1. The van der Waals surface area contributed by atoms with E-state index in [-0.39, 0.29) is 11.1 Å². The molecule has 0 fully saturated rings. The molecular formula is C15H18N4O2S. The van der Waals surface area contributed by atoms with Gasteiger partial charge in [-0.3, -0.25) is 0 Å². The Morgan fingerprint density at radius 3 is 2.55 bits per heavy atom. The van der Waals surface area contributed by atoms with E-state index in [0.29, 0.717) is 6.42 Å². The molecule has 0 saturated heterocycles. The number of nitrogens with one attached hydrogen (secondary N) is 1. The van der Waals surface area contributed by atoms with E-state index in [2.05, 4.69) is 9.71 Å². The van der Waals surface area contributed by atoms with Gasteiger partial charge in [-0.05, 0) is 19.4 Å². The van der Waals surface area contributed by atoms with Gasteiger partial charge >= 0.3 is 0 Å². The van der Waals surface area contributed by atoms with E-state index in [1.165, 1.54) is 12.5 Å². The number of nitriles is 1. The molecule has 1 atom stereocenters. The van der Waals surface area contributed by atoms with Crippen molar-refractivity contribution in [3.8, 4) is 6.07 Å². The Kier molecular flexibility index (Phi) is 4.96. The summed E-state index contributed by atoms with van der Waals surface area (Å²) in [4.78, 5) is 3.91. The Morgan fingerprint density at radius 1 is 1.32 bits per heavy atom. The van der Waals surface area contributed by atoms with Gasteiger partial charge in [0.15, 0.2) is 5.03 Å². The van der Waals surface area contributed by atoms with Crippen molar-refractivity contribution < 1.29 is 8.42 Å². The Morgan fingerprint density at radius 2 is 2.00 bits per heavy atom. The van der Waals surface area contributed by atoms with Gasteiger partial charge in [-0.2, -0.15) is 9.98 Å². The van der Waals surface area contributed by atoms with Crippen LogP contribution in [0.5, 0.6) is 0 Å². The summed E-state index contributed by atoms with van der Waals surface area (Å²) in [5, 5.41) is 9.11. The number of nitrogens with zero attached hydrogens (tertiary/aromatic N) is 3. The van der Waals surface area contributed by atoms with Crippen molar-refractivity contribution in [2.75, 3.05) is 0 Å². The maximum atomic E-state index is 12.3. The zero-order chi connectivity index (χ0) is 16.2. The molecule has 1 heterocycles. The minimum atomic E-state index is -3.81. The fraction of sp³-hybridized carbons (Fsp3) is 0.333. The summed E-state index contributed by atoms with van der Waals surface area (Å²) in [5.74, 6) is 0. The Bertz CT molecular complexity index is 760. The number of hydrogen-bond donors (Lipinski definition) is 1. The SMILES string of the molecule is CC(C)n1cnc(S(=O)(=O)N[C@H](C#N)Cc2ccccc2)c1. The molecule has 1 aromatic carbocycles. The minimum Gasteiger partial charge on any atom is -0.334 e. The Balaban J connectivity index is 2.13. The molecule has 1 aromatic heterocycles. The number of imidazole rings is 1. The second-order valence-electron chi connectivity index (χ2n) is 5.25. The van der Waals surface area contributed by atoms with E-state index in [1.807, 2.05) is 50.2 Å². The van der Waals surface area contributed by atoms with Gasteiger partial charge in [0, 0.05) is 18.7 Å². The van der Waals surface area contributed by atoms with E-state index in [0.717, 1.165) is 5.56 Å². The molecule has 0 radical (unpaired) electrons. The first-order chi connectivity index (χ1) is 10.4. The first-order valence-corrected chi connectivity index (χ1v) is 8.40. The zero-order valence-corrected chi connectivity index (χ0v) is 13.3. The molecule has 116 valence electrons. The molecular weight excluding hydrogens is 300 g/mol. The van der Waals surface area contributed by atoms with Crippen molar-refractivity contribution >= 4 is 10.0 Å². The summed E-state index contributed by atoms with van der Waals surface area (Å²) in [6.45, 7) is 3.86. The van der Waals surface area contributed by atoms with Crippen LogP contribution < -0.4 is 4.72 Å². The normalized spacial score (nSPS) is 13.0. The Hall–Kier alpha value is -2.17. The van der Waals surface area contributed by atoms with Crippen LogP contribution in [0.3, 0.4) is 0 Å². The predicted molar refractivity (Wildman–Crippen MR) is 82.5 cm³/mol. The maximum Gasteiger partial charge on any atom is 0.260 e. The van der Waals surface area contributed by atoms with E-state index in [1.54, 1.807) is 4.57 Å². The molecule has 2 rings (SSSR count). The van der Waals surface area contributed by atoms with Crippen molar-refractivity contribution in [1.29, 1.82) is 5.26 Å². The smallest absolute Gasteiger partial charge is 0.260 e. The molecule has 0 saturated carbocycles. The van der Waals surface area contributed by atoms with Crippen molar-refractivity contribution in [2.45, 2.75) is 37.4 Å². The third-order valence-corrected chi connectivity index (χ3v) is 4.54. The number of hydrogen-bond acceptors (Lipinski definition) is 4. The van der Waals surface area contributed by atoms with E-state index in [4.69, 9.17) is 0 Å². The monoisotopic (exact) mass is 318 g/mol. The quantitative estimate of drug-likeness (QED) is 0.881. The highest BCUT2D eigenvalue weighted by Crippen LogP contribution is 2.11. The first kappa shape index (κ1) is 16.2. The molecule has 0 aliphatic carbocycles. The van der Waals surface area contributed by atoms with Crippen LogP contribution in [0.1, 0.15) is 25.5 Å². The van der Waals surface area contributed by atoms with Crippen LogP contribution in [0.25, 0.3) is 0 Å². The topological polar surface area (TPSA) is 87.8 Å². The van der Waals surface area contributed by atoms with E-state index in [9.17, 15) is 13.7 Å². The molecule has 0 aliphatic rings. The number of sulfonamides is 1. The van der Waals surface area contributed by atoms with Crippen LogP contribution in [-0.4, -0.2) is 24.0 Å². The fourth-order valence-electron chi connectivity index (χ4n) is 1.95. The second-order valence-corrected chi connectivity index (χ2v) is 6.91.